The fourth-order valence-corrected chi connectivity index (χ4v) is 0.989. The molecule has 1 aromatic carbocycles. The Kier molecular flexibility index (Phi) is 3.56. The van der Waals surface area contributed by atoms with Crippen molar-refractivity contribution >= 4 is 11.7 Å². The number of nitro groups is 1. The van der Waals surface area contributed by atoms with Crippen molar-refractivity contribution in [2.45, 2.75) is 13.0 Å². The molecule has 0 saturated heterocycles. The molecule has 0 spiro atoms. The lowest BCUT2D eigenvalue weighted by Crippen LogP contribution is -2.23. The monoisotopic (exact) mass is 247 g/mol. The zero-order valence-electron chi connectivity index (χ0n) is 8.52. The molecule has 17 heavy (non-hydrogen) atoms. The SMILES string of the molecule is C[C@H](Oc1cc(F)c([N+](=O)[O-])cc1F)C(=O)O. The van der Waals surface area contributed by atoms with E-state index in [0.29, 0.717) is 12.1 Å². The van der Waals surface area contributed by atoms with Crippen LogP contribution in [0.3, 0.4) is 0 Å². The Hall–Kier alpha value is -2.25. The van der Waals surface area contributed by atoms with Crippen LogP contribution >= 0.6 is 0 Å². The lowest BCUT2D eigenvalue weighted by Gasteiger charge is -2.10. The van der Waals surface area contributed by atoms with Gasteiger partial charge < -0.3 is 9.84 Å². The number of carbonyl (C=O) groups is 1. The number of aliphatic carboxylic acids is 1. The van der Waals surface area contributed by atoms with Crippen molar-refractivity contribution in [3.05, 3.63) is 33.9 Å². The minimum atomic E-state index is -1.40. The Morgan fingerprint density at radius 2 is 2.06 bits per heavy atom. The molecule has 0 aliphatic rings. The first-order valence-electron chi connectivity index (χ1n) is 4.36. The first-order valence-corrected chi connectivity index (χ1v) is 4.36. The molecule has 0 aliphatic heterocycles. The zero-order valence-corrected chi connectivity index (χ0v) is 8.52. The maximum absolute atomic E-state index is 13.2. The maximum atomic E-state index is 13.2. The molecule has 0 fully saturated rings. The summed E-state index contributed by atoms with van der Waals surface area (Å²) in [4.78, 5) is 19.6. The van der Waals surface area contributed by atoms with E-state index >= 15 is 0 Å². The van der Waals surface area contributed by atoms with Crippen LogP contribution in [0.1, 0.15) is 6.92 Å². The Morgan fingerprint density at radius 3 is 2.53 bits per heavy atom. The molecule has 8 heteroatoms. The standard InChI is InChI=1S/C9H7F2NO5/c1-4(9(13)14)17-8-3-5(10)7(12(15)16)2-6(8)11/h2-4H,1H3,(H,13,14)/t4-/m0/s1. The summed E-state index contributed by atoms with van der Waals surface area (Å²) >= 11 is 0. The van der Waals surface area contributed by atoms with E-state index in [1.807, 2.05) is 0 Å². The van der Waals surface area contributed by atoms with E-state index in [1.165, 1.54) is 0 Å². The van der Waals surface area contributed by atoms with E-state index in [1.54, 1.807) is 0 Å². The fourth-order valence-electron chi connectivity index (χ4n) is 0.989. The fraction of sp³-hybridized carbons (Fsp3) is 0.222. The molecule has 1 atom stereocenters. The molecule has 0 aromatic heterocycles. The van der Waals surface area contributed by atoms with Crippen LogP contribution < -0.4 is 4.74 Å². The highest BCUT2D eigenvalue weighted by Crippen LogP contribution is 2.26. The molecule has 0 unspecified atom stereocenters. The van der Waals surface area contributed by atoms with Crippen LogP contribution in [0, 0.1) is 21.7 Å². The molecule has 1 rings (SSSR count). The molecule has 1 N–H and O–H groups in total. The highest BCUT2D eigenvalue weighted by molar-refractivity contribution is 5.72. The van der Waals surface area contributed by atoms with E-state index < -0.39 is 40.1 Å². The number of benzene rings is 1. The average molecular weight is 247 g/mol. The van der Waals surface area contributed by atoms with Gasteiger partial charge in [0.15, 0.2) is 17.7 Å². The number of nitrogens with zero attached hydrogens (tertiary/aromatic N) is 1. The molecule has 0 heterocycles. The van der Waals surface area contributed by atoms with Crippen molar-refractivity contribution in [2.75, 3.05) is 0 Å². The quantitative estimate of drug-likeness (QED) is 0.646. The van der Waals surface area contributed by atoms with Gasteiger partial charge in [0.2, 0.25) is 5.82 Å². The third kappa shape index (κ3) is 2.86. The van der Waals surface area contributed by atoms with Crippen molar-refractivity contribution in [3.8, 4) is 5.75 Å². The van der Waals surface area contributed by atoms with Crippen LogP contribution in [0.5, 0.6) is 5.75 Å². The Morgan fingerprint density at radius 1 is 1.47 bits per heavy atom. The second kappa shape index (κ2) is 4.73. The summed E-state index contributed by atoms with van der Waals surface area (Å²) < 4.78 is 30.9. The minimum absolute atomic E-state index is 0.333. The number of carboxylic acids is 1. The maximum Gasteiger partial charge on any atom is 0.344 e. The number of halogens is 2. The number of hydrogen-bond donors (Lipinski definition) is 1. The van der Waals surface area contributed by atoms with Gasteiger partial charge in [-0.05, 0) is 6.92 Å². The molecule has 0 radical (unpaired) electrons. The third-order valence-corrected chi connectivity index (χ3v) is 1.85. The molecular formula is C9H7F2NO5. The predicted molar refractivity (Wildman–Crippen MR) is 50.7 cm³/mol. The summed E-state index contributed by atoms with van der Waals surface area (Å²) in [5.41, 5.74) is -1.04. The Labute approximate surface area is 93.6 Å². The van der Waals surface area contributed by atoms with Crippen LogP contribution in [0.4, 0.5) is 14.5 Å². The first-order chi connectivity index (χ1) is 7.82. The molecule has 0 aliphatic carbocycles. The molecule has 0 bridgehead atoms. The summed E-state index contributed by atoms with van der Waals surface area (Å²) in [5.74, 6) is -4.57. The largest absolute Gasteiger partial charge is 0.479 e. The molecular weight excluding hydrogens is 240 g/mol. The van der Waals surface area contributed by atoms with Gasteiger partial charge in [0, 0.05) is 6.07 Å². The molecule has 0 amide bonds. The summed E-state index contributed by atoms with van der Waals surface area (Å²) in [6.07, 6.45) is -1.40. The Balaban J connectivity index is 3.08. The highest BCUT2D eigenvalue weighted by Gasteiger charge is 2.22. The molecule has 1 aromatic rings. The predicted octanol–water partition coefficient (Wildman–Crippen LogP) is 1.72. The number of rotatable bonds is 4. The Bertz CT molecular complexity index is 477. The van der Waals surface area contributed by atoms with Gasteiger partial charge in [-0.2, -0.15) is 4.39 Å². The van der Waals surface area contributed by atoms with Crippen LogP contribution in [-0.4, -0.2) is 22.1 Å². The van der Waals surface area contributed by atoms with Gasteiger partial charge >= 0.3 is 11.7 Å². The number of carboxylic acid groups (broad SMARTS) is 1. The summed E-state index contributed by atoms with van der Waals surface area (Å²) in [6, 6.07) is 0.770. The van der Waals surface area contributed by atoms with E-state index in [4.69, 9.17) is 5.11 Å². The average Bonchev–Trinajstić information content (AvgIpc) is 2.22. The second-order valence-electron chi connectivity index (χ2n) is 3.09. The van der Waals surface area contributed by atoms with Gasteiger partial charge in [-0.25, -0.2) is 9.18 Å². The number of nitro benzene ring substituents is 1. The molecule has 6 nitrogen and oxygen atoms in total. The smallest absolute Gasteiger partial charge is 0.344 e. The van der Waals surface area contributed by atoms with E-state index in [-0.39, 0.29) is 0 Å². The van der Waals surface area contributed by atoms with Crippen molar-refractivity contribution in [1.82, 2.24) is 0 Å². The van der Waals surface area contributed by atoms with Crippen LogP contribution in [0.15, 0.2) is 12.1 Å². The van der Waals surface area contributed by atoms with E-state index in [2.05, 4.69) is 4.74 Å². The molecule has 92 valence electrons. The third-order valence-electron chi connectivity index (χ3n) is 1.85. The van der Waals surface area contributed by atoms with Crippen molar-refractivity contribution in [3.63, 3.8) is 0 Å². The second-order valence-corrected chi connectivity index (χ2v) is 3.09. The number of hydrogen-bond acceptors (Lipinski definition) is 4. The normalized spacial score (nSPS) is 11.9. The lowest BCUT2D eigenvalue weighted by molar-refractivity contribution is -0.387. The van der Waals surface area contributed by atoms with Gasteiger partial charge in [-0.1, -0.05) is 0 Å². The van der Waals surface area contributed by atoms with E-state index in [9.17, 15) is 23.7 Å². The topological polar surface area (TPSA) is 89.7 Å². The lowest BCUT2D eigenvalue weighted by atomic mass is 10.2. The summed E-state index contributed by atoms with van der Waals surface area (Å²) in [7, 11) is 0. The zero-order chi connectivity index (χ0) is 13.2. The summed E-state index contributed by atoms with van der Waals surface area (Å²) in [5, 5.41) is 18.8. The van der Waals surface area contributed by atoms with Gasteiger partial charge in [0.1, 0.15) is 0 Å². The minimum Gasteiger partial charge on any atom is -0.479 e. The first kappa shape index (κ1) is 12.8. The van der Waals surface area contributed by atoms with Crippen LogP contribution in [-0.2, 0) is 4.79 Å². The van der Waals surface area contributed by atoms with Crippen LogP contribution in [0.25, 0.3) is 0 Å². The highest BCUT2D eigenvalue weighted by atomic mass is 19.1. The molecule has 0 saturated carbocycles. The number of ether oxygens (including phenoxy) is 1. The summed E-state index contributed by atoms with van der Waals surface area (Å²) in [6.45, 7) is 1.11. The van der Waals surface area contributed by atoms with Crippen LogP contribution in [0.2, 0.25) is 0 Å². The van der Waals surface area contributed by atoms with Gasteiger partial charge in [0.05, 0.1) is 11.0 Å². The van der Waals surface area contributed by atoms with Crippen molar-refractivity contribution in [2.24, 2.45) is 0 Å². The van der Waals surface area contributed by atoms with Crippen molar-refractivity contribution in [1.29, 1.82) is 0 Å². The van der Waals surface area contributed by atoms with Gasteiger partial charge in [-0.3, -0.25) is 10.1 Å². The van der Waals surface area contributed by atoms with Gasteiger partial charge in [0.25, 0.3) is 0 Å². The van der Waals surface area contributed by atoms with Crippen molar-refractivity contribution < 1.29 is 28.3 Å². The van der Waals surface area contributed by atoms with E-state index in [0.717, 1.165) is 6.92 Å². The van der Waals surface area contributed by atoms with Gasteiger partial charge in [-0.15, -0.1) is 0 Å².